The zero-order valence-corrected chi connectivity index (χ0v) is 11.5. The van der Waals surface area contributed by atoms with E-state index in [1.807, 2.05) is 6.92 Å². The molecule has 0 spiro atoms. The van der Waals surface area contributed by atoms with Gasteiger partial charge in [0.05, 0.1) is 5.56 Å². The van der Waals surface area contributed by atoms with Gasteiger partial charge in [-0.15, -0.1) is 0 Å². The maximum atomic E-state index is 12.0. The zero-order chi connectivity index (χ0) is 13.8. The molecule has 104 valence electrons. The van der Waals surface area contributed by atoms with Gasteiger partial charge >= 0.3 is 0 Å². The minimum atomic E-state index is -0.238. The maximum absolute atomic E-state index is 12.0. The number of ketones is 1. The number of carbonyl (C=O) groups excluding carboxylic acids is 2. The lowest BCUT2D eigenvalue weighted by atomic mass is 9.94. The summed E-state index contributed by atoms with van der Waals surface area (Å²) in [5.41, 5.74) is 1.31. The Morgan fingerprint density at radius 3 is 2.79 bits per heavy atom. The number of rotatable bonds is 5. The van der Waals surface area contributed by atoms with Crippen molar-refractivity contribution >= 4 is 11.7 Å². The number of Topliss-reactive ketones (excluding diaryl/α,β-unsaturated/α-hetero) is 1. The van der Waals surface area contributed by atoms with Crippen LogP contribution in [0, 0.1) is 6.92 Å². The number of carbonyl (C=O) groups is 2. The fraction of sp³-hybridized carbons (Fsp3) is 0.571. The second-order valence-electron chi connectivity index (χ2n) is 4.74. The van der Waals surface area contributed by atoms with Gasteiger partial charge in [-0.05, 0) is 19.9 Å². The molecule has 0 fully saturated rings. The van der Waals surface area contributed by atoms with E-state index in [1.165, 1.54) is 0 Å². The van der Waals surface area contributed by atoms with Gasteiger partial charge < -0.3 is 15.1 Å². The summed E-state index contributed by atoms with van der Waals surface area (Å²) < 4.78 is 5.57. The van der Waals surface area contributed by atoms with E-state index in [0.717, 1.165) is 25.9 Å². The summed E-state index contributed by atoms with van der Waals surface area (Å²) in [5, 5.41) is 5.92. The van der Waals surface area contributed by atoms with Crippen molar-refractivity contribution in [3.05, 3.63) is 22.6 Å². The van der Waals surface area contributed by atoms with Crippen LogP contribution in [0.15, 0.2) is 4.42 Å². The maximum Gasteiger partial charge on any atom is 0.287 e. The predicted octanol–water partition coefficient (Wildman–Crippen LogP) is 1.45. The fourth-order valence-corrected chi connectivity index (χ4v) is 2.39. The largest absolute Gasteiger partial charge is 0.455 e. The molecule has 1 aromatic heterocycles. The normalized spacial score (nSPS) is 14.3. The monoisotopic (exact) mass is 264 g/mol. The van der Waals surface area contributed by atoms with E-state index in [1.54, 1.807) is 6.92 Å². The number of furan rings is 1. The van der Waals surface area contributed by atoms with E-state index in [4.69, 9.17) is 4.42 Å². The lowest BCUT2D eigenvalue weighted by Gasteiger charge is -2.07. The lowest BCUT2D eigenvalue weighted by Crippen LogP contribution is -2.31. The predicted molar refractivity (Wildman–Crippen MR) is 71.6 cm³/mol. The second kappa shape index (κ2) is 6.02. The third-order valence-electron chi connectivity index (χ3n) is 3.35. The molecule has 2 N–H and O–H groups in total. The van der Waals surface area contributed by atoms with Crippen molar-refractivity contribution < 1.29 is 14.0 Å². The number of fused-ring (bicyclic) bond motifs is 1. The molecule has 0 aromatic carbocycles. The third-order valence-corrected chi connectivity index (χ3v) is 3.35. The van der Waals surface area contributed by atoms with Crippen LogP contribution in [0.5, 0.6) is 0 Å². The number of amides is 1. The second-order valence-corrected chi connectivity index (χ2v) is 4.74. The van der Waals surface area contributed by atoms with E-state index in [0.29, 0.717) is 29.9 Å². The van der Waals surface area contributed by atoms with E-state index < -0.39 is 0 Å². The molecule has 2 rings (SSSR count). The third kappa shape index (κ3) is 2.87. The van der Waals surface area contributed by atoms with E-state index in [2.05, 4.69) is 10.6 Å². The first kappa shape index (κ1) is 13.8. The molecule has 1 aliphatic rings. The molecule has 0 unspecified atom stereocenters. The molecule has 0 radical (unpaired) electrons. The van der Waals surface area contributed by atoms with Crippen molar-refractivity contribution in [2.45, 2.75) is 33.1 Å². The van der Waals surface area contributed by atoms with Gasteiger partial charge in [-0.3, -0.25) is 9.59 Å². The summed E-state index contributed by atoms with van der Waals surface area (Å²) in [4.78, 5) is 23.8. The Kier molecular flexibility index (Phi) is 4.37. The smallest absolute Gasteiger partial charge is 0.287 e. The molecule has 1 heterocycles. The van der Waals surface area contributed by atoms with Gasteiger partial charge in [0.15, 0.2) is 11.5 Å². The molecule has 1 aliphatic carbocycles. The molecule has 5 nitrogen and oxygen atoms in total. The first-order chi connectivity index (χ1) is 9.15. The summed E-state index contributed by atoms with van der Waals surface area (Å²) in [5.74, 6) is 0.814. The summed E-state index contributed by atoms with van der Waals surface area (Å²) in [7, 11) is 0. The van der Waals surface area contributed by atoms with Gasteiger partial charge in [-0.25, -0.2) is 0 Å². The van der Waals surface area contributed by atoms with Crippen LogP contribution in [0.3, 0.4) is 0 Å². The summed E-state index contributed by atoms with van der Waals surface area (Å²) in [6, 6.07) is 0. The van der Waals surface area contributed by atoms with Crippen molar-refractivity contribution in [3.63, 3.8) is 0 Å². The van der Waals surface area contributed by atoms with Crippen LogP contribution < -0.4 is 10.6 Å². The SMILES string of the molecule is CCNCCNC(=O)c1oc2c(c1C)C(=O)CCC2. The number of likely N-dealkylation sites (N-methyl/N-ethyl adjacent to an activating group) is 1. The molecular formula is C14H20N2O3. The van der Waals surface area contributed by atoms with Gasteiger partial charge in [-0.1, -0.05) is 6.92 Å². The van der Waals surface area contributed by atoms with Crippen LogP contribution in [-0.2, 0) is 6.42 Å². The highest BCUT2D eigenvalue weighted by molar-refractivity contribution is 6.03. The number of aryl methyl sites for hydroxylation is 1. The van der Waals surface area contributed by atoms with Gasteiger partial charge in [-0.2, -0.15) is 0 Å². The Hall–Kier alpha value is -1.62. The molecule has 0 saturated carbocycles. The van der Waals surface area contributed by atoms with Gasteiger partial charge in [0.1, 0.15) is 5.76 Å². The van der Waals surface area contributed by atoms with Crippen molar-refractivity contribution in [3.8, 4) is 0 Å². The lowest BCUT2D eigenvalue weighted by molar-refractivity contribution is 0.0920. The van der Waals surface area contributed by atoms with Crippen LogP contribution in [0.4, 0.5) is 0 Å². The molecule has 1 aromatic rings. The first-order valence-corrected chi connectivity index (χ1v) is 6.79. The van der Waals surface area contributed by atoms with Gasteiger partial charge in [0.2, 0.25) is 0 Å². The fourth-order valence-electron chi connectivity index (χ4n) is 2.39. The van der Waals surface area contributed by atoms with Gasteiger partial charge in [0.25, 0.3) is 5.91 Å². The molecule has 0 aliphatic heterocycles. The van der Waals surface area contributed by atoms with Gasteiger partial charge in [0, 0.05) is 31.5 Å². The van der Waals surface area contributed by atoms with Crippen LogP contribution in [0.1, 0.15) is 52.0 Å². The average molecular weight is 264 g/mol. The first-order valence-electron chi connectivity index (χ1n) is 6.79. The molecule has 1 amide bonds. The van der Waals surface area contributed by atoms with E-state index in [9.17, 15) is 9.59 Å². The Morgan fingerprint density at radius 2 is 2.11 bits per heavy atom. The molecular weight excluding hydrogens is 244 g/mol. The Labute approximate surface area is 112 Å². The highest BCUT2D eigenvalue weighted by Gasteiger charge is 2.28. The van der Waals surface area contributed by atoms with Crippen molar-refractivity contribution in [1.29, 1.82) is 0 Å². The molecule has 5 heteroatoms. The Morgan fingerprint density at radius 1 is 1.32 bits per heavy atom. The van der Waals surface area contributed by atoms with E-state index >= 15 is 0 Å². The number of hydrogen-bond acceptors (Lipinski definition) is 4. The molecule has 0 bridgehead atoms. The van der Waals surface area contributed by atoms with Crippen LogP contribution >= 0.6 is 0 Å². The Balaban J connectivity index is 2.08. The standard InChI is InChI=1S/C14H20N2O3/c1-3-15-7-8-16-14(18)13-9(2)12-10(17)5-4-6-11(12)19-13/h15H,3-8H2,1-2H3,(H,16,18). The van der Waals surface area contributed by atoms with Crippen molar-refractivity contribution in [1.82, 2.24) is 10.6 Å². The zero-order valence-electron chi connectivity index (χ0n) is 11.5. The highest BCUT2D eigenvalue weighted by atomic mass is 16.4. The minimum Gasteiger partial charge on any atom is -0.455 e. The molecule has 0 atom stereocenters. The highest BCUT2D eigenvalue weighted by Crippen LogP contribution is 2.29. The van der Waals surface area contributed by atoms with Crippen molar-refractivity contribution in [2.75, 3.05) is 19.6 Å². The average Bonchev–Trinajstić information content (AvgIpc) is 2.73. The molecule has 0 saturated heterocycles. The number of nitrogens with one attached hydrogen (secondary N) is 2. The number of hydrogen-bond donors (Lipinski definition) is 2. The summed E-state index contributed by atoms with van der Waals surface area (Å²) in [6.07, 6.45) is 2.10. The van der Waals surface area contributed by atoms with E-state index in [-0.39, 0.29) is 17.5 Å². The van der Waals surface area contributed by atoms with Crippen molar-refractivity contribution in [2.24, 2.45) is 0 Å². The van der Waals surface area contributed by atoms with Crippen LogP contribution in [0.2, 0.25) is 0 Å². The topological polar surface area (TPSA) is 71.3 Å². The summed E-state index contributed by atoms with van der Waals surface area (Å²) in [6.45, 7) is 5.94. The van der Waals surface area contributed by atoms with Crippen LogP contribution in [-0.4, -0.2) is 31.3 Å². The van der Waals surface area contributed by atoms with Crippen LogP contribution in [0.25, 0.3) is 0 Å². The molecule has 19 heavy (non-hydrogen) atoms. The Bertz CT molecular complexity index is 491. The minimum absolute atomic E-state index is 0.0919. The quantitative estimate of drug-likeness (QED) is 0.790. The summed E-state index contributed by atoms with van der Waals surface area (Å²) >= 11 is 0.